The molecular weight excluding hydrogens is 420 g/mol. The van der Waals surface area contributed by atoms with Crippen molar-refractivity contribution in [2.45, 2.75) is 19.5 Å². The highest BCUT2D eigenvalue weighted by atomic mass is 79.9. The van der Waals surface area contributed by atoms with Crippen molar-refractivity contribution in [2.75, 3.05) is 0 Å². The van der Waals surface area contributed by atoms with Crippen LogP contribution in [0.2, 0.25) is 0 Å². The number of nitriles is 1. The van der Waals surface area contributed by atoms with E-state index in [4.69, 9.17) is 5.26 Å². The minimum atomic E-state index is -0.105. The Morgan fingerprint density at radius 3 is 2.71 bits per heavy atom. The second kappa shape index (κ2) is 7.74. The van der Waals surface area contributed by atoms with Gasteiger partial charge < -0.3 is 4.57 Å². The van der Waals surface area contributed by atoms with E-state index in [1.807, 2.05) is 53.1 Å². The van der Waals surface area contributed by atoms with Gasteiger partial charge in [0.2, 0.25) is 5.82 Å². The molecular formula is C20H15BrN6O. The minimum Gasteiger partial charge on any atom is -0.346 e. The molecule has 7 nitrogen and oxygen atoms in total. The number of halogens is 1. The zero-order chi connectivity index (χ0) is 19.5. The first-order chi connectivity index (χ1) is 13.7. The zero-order valence-corrected chi connectivity index (χ0v) is 16.4. The summed E-state index contributed by atoms with van der Waals surface area (Å²) in [6.45, 7) is 0.537. The number of hydrogen-bond donors (Lipinski definition) is 0. The second-order valence-corrected chi connectivity index (χ2v) is 7.15. The molecule has 4 aromatic rings. The van der Waals surface area contributed by atoms with Crippen LogP contribution in [0.5, 0.6) is 0 Å². The van der Waals surface area contributed by atoms with Crippen LogP contribution in [-0.2, 0) is 13.1 Å². The molecule has 0 radical (unpaired) electrons. The van der Waals surface area contributed by atoms with Crippen molar-refractivity contribution in [1.82, 2.24) is 24.8 Å². The molecule has 0 aliphatic heterocycles. The molecule has 0 saturated heterocycles. The predicted octanol–water partition coefficient (Wildman–Crippen LogP) is 3.85. The van der Waals surface area contributed by atoms with E-state index in [-0.39, 0.29) is 12.3 Å². The highest BCUT2D eigenvalue weighted by Crippen LogP contribution is 2.23. The van der Waals surface area contributed by atoms with Crippen LogP contribution in [0.25, 0.3) is 22.3 Å². The van der Waals surface area contributed by atoms with Crippen molar-refractivity contribution in [3.05, 3.63) is 64.8 Å². The lowest BCUT2D eigenvalue weighted by atomic mass is 10.1. The molecule has 0 amide bonds. The number of carbonyl (C=O) groups excluding carboxylic acids is 1. The summed E-state index contributed by atoms with van der Waals surface area (Å²) < 4.78 is 2.90. The number of carbonyl (C=O) groups is 1. The lowest BCUT2D eigenvalue weighted by Gasteiger charge is -2.00. The largest absolute Gasteiger partial charge is 0.346 e. The number of aryl methyl sites for hydroxylation is 1. The SMILES string of the molecule is N#CCCn1cc(C(=O)Cn2nnc(-c3ccc(Br)cc3)n2)c2ccccc21. The molecule has 0 saturated carbocycles. The fourth-order valence-electron chi connectivity index (χ4n) is 3.06. The molecule has 0 unspecified atom stereocenters. The highest BCUT2D eigenvalue weighted by Gasteiger charge is 2.17. The number of Topliss-reactive ketones (excluding diaryl/α,β-unsaturated/α-hetero) is 1. The number of nitrogens with zero attached hydrogens (tertiary/aromatic N) is 6. The first-order valence-corrected chi connectivity index (χ1v) is 9.47. The highest BCUT2D eigenvalue weighted by molar-refractivity contribution is 9.10. The molecule has 0 fully saturated rings. The number of aromatic nitrogens is 5. The first-order valence-electron chi connectivity index (χ1n) is 8.67. The summed E-state index contributed by atoms with van der Waals surface area (Å²) in [4.78, 5) is 14.2. The third-order valence-corrected chi connectivity index (χ3v) is 4.92. The molecule has 0 aliphatic rings. The van der Waals surface area contributed by atoms with Gasteiger partial charge in [-0.3, -0.25) is 4.79 Å². The van der Waals surface area contributed by atoms with E-state index in [1.165, 1.54) is 4.80 Å². The maximum absolute atomic E-state index is 12.9. The Morgan fingerprint density at radius 2 is 1.93 bits per heavy atom. The van der Waals surface area contributed by atoms with Gasteiger partial charge in [0.15, 0.2) is 5.78 Å². The monoisotopic (exact) mass is 434 g/mol. The van der Waals surface area contributed by atoms with Crippen LogP contribution in [0.4, 0.5) is 0 Å². The fraction of sp³-hybridized carbons (Fsp3) is 0.150. The maximum atomic E-state index is 12.9. The molecule has 0 N–H and O–H groups in total. The Kier molecular flexibility index (Phi) is 5.00. The molecule has 0 spiro atoms. The maximum Gasteiger partial charge on any atom is 0.204 e. The molecule has 2 aromatic heterocycles. The van der Waals surface area contributed by atoms with Gasteiger partial charge in [-0.25, -0.2) is 0 Å². The Labute approximate surface area is 169 Å². The molecule has 28 heavy (non-hydrogen) atoms. The van der Waals surface area contributed by atoms with Crippen molar-refractivity contribution < 1.29 is 4.79 Å². The van der Waals surface area contributed by atoms with Gasteiger partial charge in [-0.1, -0.05) is 34.1 Å². The van der Waals surface area contributed by atoms with Crippen molar-refractivity contribution in [3.63, 3.8) is 0 Å². The normalized spacial score (nSPS) is 10.9. The van der Waals surface area contributed by atoms with E-state index in [0.29, 0.717) is 24.4 Å². The van der Waals surface area contributed by atoms with Gasteiger partial charge in [-0.05, 0) is 35.5 Å². The number of fused-ring (bicyclic) bond motifs is 1. The lowest BCUT2D eigenvalue weighted by molar-refractivity contribution is 0.0963. The van der Waals surface area contributed by atoms with Crippen LogP contribution < -0.4 is 0 Å². The zero-order valence-electron chi connectivity index (χ0n) is 14.8. The summed E-state index contributed by atoms with van der Waals surface area (Å²) in [7, 11) is 0. The predicted molar refractivity (Wildman–Crippen MR) is 107 cm³/mol. The summed E-state index contributed by atoms with van der Waals surface area (Å²) in [5.74, 6) is 0.364. The van der Waals surface area contributed by atoms with E-state index in [2.05, 4.69) is 37.4 Å². The van der Waals surface area contributed by atoms with Gasteiger partial charge in [0, 0.05) is 39.2 Å². The van der Waals surface area contributed by atoms with Crippen LogP contribution >= 0.6 is 15.9 Å². The third-order valence-electron chi connectivity index (χ3n) is 4.39. The number of benzene rings is 2. The van der Waals surface area contributed by atoms with Crippen LogP contribution in [0.3, 0.4) is 0 Å². The molecule has 138 valence electrons. The molecule has 0 aliphatic carbocycles. The number of hydrogen-bond acceptors (Lipinski definition) is 5. The van der Waals surface area contributed by atoms with Crippen LogP contribution in [-0.4, -0.2) is 30.6 Å². The Hall–Kier alpha value is -3.31. The molecule has 4 rings (SSSR count). The lowest BCUT2D eigenvalue weighted by Crippen LogP contribution is -2.13. The van der Waals surface area contributed by atoms with Crippen molar-refractivity contribution >= 4 is 32.6 Å². The topological polar surface area (TPSA) is 89.4 Å². The standard InChI is InChI=1S/C20H15BrN6O/c21-15-8-6-14(7-9-15)20-23-25-27(24-20)13-19(28)17-12-26(11-3-10-22)18-5-2-1-4-16(17)18/h1-2,4-9,12H,3,11,13H2. The van der Waals surface area contributed by atoms with Crippen molar-refractivity contribution in [1.29, 1.82) is 5.26 Å². The van der Waals surface area contributed by atoms with E-state index in [9.17, 15) is 4.79 Å². The summed E-state index contributed by atoms with van der Waals surface area (Å²) in [5, 5.41) is 22.1. The van der Waals surface area contributed by atoms with Gasteiger partial charge in [0.25, 0.3) is 0 Å². The summed E-state index contributed by atoms with van der Waals surface area (Å²) in [6, 6.07) is 17.4. The van der Waals surface area contributed by atoms with Gasteiger partial charge in [-0.2, -0.15) is 10.1 Å². The van der Waals surface area contributed by atoms with E-state index in [0.717, 1.165) is 20.9 Å². The smallest absolute Gasteiger partial charge is 0.204 e. The van der Waals surface area contributed by atoms with Gasteiger partial charge in [0.1, 0.15) is 6.54 Å². The van der Waals surface area contributed by atoms with E-state index in [1.54, 1.807) is 6.20 Å². The Morgan fingerprint density at radius 1 is 1.14 bits per heavy atom. The van der Waals surface area contributed by atoms with Crippen molar-refractivity contribution in [2.24, 2.45) is 0 Å². The quantitative estimate of drug-likeness (QED) is 0.429. The van der Waals surface area contributed by atoms with Gasteiger partial charge in [-0.15, -0.1) is 10.2 Å². The van der Waals surface area contributed by atoms with Crippen molar-refractivity contribution in [3.8, 4) is 17.5 Å². The second-order valence-electron chi connectivity index (χ2n) is 6.23. The molecule has 2 aromatic carbocycles. The summed E-state index contributed by atoms with van der Waals surface area (Å²) in [6.07, 6.45) is 2.18. The number of ketones is 1. The molecule has 0 atom stereocenters. The average Bonchev–Trinajstić information content (AvgIpc) is 3.32. The van der Waals surface area contributed by atoms with Gasteiger partial charge in [0.05, 0.1) is 12.5 Å². The molecule has 0 bridgehead atoms. The molecule has 2 heterocycles. The molecule has 8 heteroatoms. The fourth-order valence-corrected chi connectivity index (χ4v) is 3.33. The number of para-hydroxylation sites is 1. The number of tetrazole rings is 1. The minimum absolute atomic E-state index is 0.00418. The first kappa shape index (κ1) is 18.1. The Balaban J connectivity index is 1.59. The number of rotatable bonds is 6. The van der Waals surface area contributed by atoms with E-state index >= 15 is 0 Å². The van der Waals surface area contributed by atoms with Crippen LogP contribution in [0, 0.1) is 11.3 Å². The van der Waals surface area contributed by atoms with Crippen LogP contribution in [0.15, 0.2) is 59.2 Å². The third kappa shape index (κ3) is 3.57. The van der Waals surface area contributed by atoms with E-state index < -0.39 is 0 Å². The van der Waals surface area contributed by atoms with Gasteiger partial charge >= 0.3 is 0 Å². The summed E-state index contributed by atoms with van der Waals surface area (Å²) >= 11 is 3.39. The Bertz CT molecular complexity index is 1190. The van der Waals surface area contributed by atoms with Crippen LogP contribution in [0.1, 0.15) is 16.8 Å². The average molecular weight is 435 g/mol. The summed E-state index contributed by atoms with van der Waals surface area (Å²) in [5.41, 5.74) is 2.36.